The number of rotatable bonds is 5. The molecule has 1 amide bonds. The number of nitrogens with two attached hydrogens (primary N) is 1. The molecule has 0 spiro atoms. The SMILES string of the molecule is CNC(=O)CCCSc1nc2ccc(N)cc2[nH]1. The lowest BCUT2D eigenvalue weighted by molar-refractivity contribution is -0.120. The molecule has 0 fully saturated rings. The largest absolute Gasteiger partial charge is 0.399 e. The number of nitrogen functional groups attached to an aromatic ring is 1. The predicted molar refractivity (Wildman–Crippen MR) is 74.5 cm³/mol. The molecule has 6 heteroatoms. The fourth-order valence-electron chi connectivity index (χ4n) is 1.60. The fourth-order valence-corrected chi connectivity index (χ4v) is 2.43. The summed E-state index contributed by atoms with van der Waals surface area (Å²) in [7, 11) is 1.65. The van der Waals surface area contributed by atoms with E-state index < -0.39 is 0 Å². The van der Waals surface area contributed by atoms with Crippen LogP contribution in [0.4, 0.5) is 5.69 Å². The van der Waals surface area contributed by atoms with Gasteiger partial charge in [0.2, 0.25) is 5.91 Å². The normalized spacial score (nSPS) is 10.7. The molecule has 0 saturated carbocycles. The molecule has 0 bridgehead atoms. The van der Waals surface area contributed by atoms with Gasteiger partial charge in [0, 0.05) is 24.9 Å². The minimum atomic E-state index is 0.0768. The summed E-state index contributed by atoms with van der Waals surface area (Å²) in [5.41, 5.74) is 8.29. The average Bonchev–Trinajstić information content (AvgIpc) is 2.76. The molecular formula is C12H16N4OS. The Bertz CT molecular complexity index is 552. The van der Waals surface area contributed by atoms with Crippen LogP contribution in [-0.2, 0) is 4.79 Å². The number of imidazole rings is 1. The number of aromatic nitrogens is 2. The van der Waals surface area contributed by atoms with Crippen molar-refractivity contribution in [2.45, 2.75) is 18.0 Å². The maximum absolute atomic E-state index is 11.0. The molecule has 0 saturated heterocycles. The highest BCUT2D eigenvalue weighted by atomic mass is 32.2. The lowest BCUT2D eigenvalue weighted by Crippen LogP contribution is -2.17. The summed E-state index contributed by atoms with van der Waals surface area (Å²) < 4.78 is 0. The number of benzene rings is 1. The van der Waals surface area contributed by atoms with E-state index in [0.717, 1.165) is 34.1 Å². The first kappa shape index (κ1) is 12.8. The van der Waals surface area contributed by atoms with E-state index in [2.05, 4.69) is 15.3 Å². The van der Waals surface area contributed by atoms with E-state index in [4.69, 9.17) is 5.73 Å². The van der Waals surface area contributed by atoms with Crippen LogP contribution in [0.25, 0.3) is 11.0 Å². The number of thioether (sulfide) groups is 1. The highest BCUT2D eigenvalue weighted by Gasteiger charge is 2.04. The van der Waals surface area contributed by atoms with Crippen molar-refractivity contribution >= 4 is 34.4 Å². The first-order valence-corrected chi connectivity index (χ1v) is 6.76. The van der Waals surface area contributed by atoms with Crippen LogP contribution in [0.15, 0.2) is 23.4 Å². The molecule has 0 unspecified atom stereocenters. The number of amides is 1. The van der Waals surface area contributed by atoms with Crippen LogP contribution in [-0.4, -0.2) is 28.7 Å². The van der Waals surface area contributed by atoms with Crippen LogP contribution in [0.2, 0.25) is 0 Å². The Hall–Kier alpha value is -1.69. The van der Waals surface area contributed by atoms with Gasteiger partial charge in [-0.3, -0.25) is 4.79 Å². The van der Waals surface area contributed by atoms with Gasteiger partial charge < -0.3 is 16.0 Å². The molecule has 4 N–H and O–H groups in total. The zero-order valence-electron chi connectivity index (χ0n) is 10.2. The van der Waals surface area contributed by atoms with E-state index in [9.17, 15) is 4.79 Å². The molecule has 18 heavy (non-hydrogen) atoms. The zero-order chi connectivity index (χ0) is 13.0. The lowest BCUT2D eigenvalue weighted by atomic mass is 10.3. The Labute approximate surface area is 110 Å². The molecule has 0 aliphatic carbocycles. The molecule has 0 radical (unpaired) electrons. The standard InChI is InChI=1S/C12H16N4OS/c1-14-11(17)3-2-6-18-12-15-9-5-4-8(13)7-10(9)16-12/h4-5,7H,2-3,6,13H2,1H3,(H,14,17)(H,15,16). The maximum atomic E-state index is 11.0. The highest BCUT2D eigenvalue weighted by Crippen LogP contribution is 2.21. The molecule has 0 aliphatic rings. The van der Waals surface area contributed by atoms with Crippen LogP contribution in [0.3, 0.4) is 0 Å². The summed E-state index contributed by atoms with van der Waals surface area (Å²) in [5.74, 6) is 0.941. The molecule has 1 aromatic carbocycles. The van der Waals surface area contributed by atoms with Crippen molar-refractivity contribution in [2.24, 2.45) is 0 Å². The molecule has 96 valence electrons. The molecule has 0 atom stereocenters. The number of carbonyl (C=O) groups excluding carboxylic acids is 1. The fraction of sp³-hybridized carbons (Fsp3) is 0.333. The third-order valence-corrected chi connectivity index (χ3v) is 3.51. The second kappa shape index (κ2) is 5.77. The number of anilines is 1. The van der Waals surface area contributed by atoms with Crippen LogP contribution < -0.4 is 11.1 Å². The minimum absolute atomic E-state index is 0.0768. The number of fused-ring (bicyclic) bond motifs is 1. The number of hydrogen-bond acceptors (Lipinski definition) is 4. The van der Waals surface area contributed by atoms with Gasteiger partial charge in [0.05, 0.1) is 11.0 Å². The van der Waals surface area contributed by atoms with Crippen LogP contribution in [0.5, 0.6) is 0 Å². The van der Waals surface area contributed by atoms with Crippen molar-refractivity contribution in [1.29, 1.82) is 0 Å². The predicted octanol–water partition coefficient (Wildman–Crippen LogP) is 1.76. The zero-order valence-corrected chi connectivity index (χ0v) is 11.0. The van der Waals surface area contributed by atoms with E-state index in [0.29, 0.717) is 6.42 Å². The minimum Gasteiger partial charge on any atom is -0.399 e. The summed E-state index contributed by atoms with van der Waals surface area (Å²) in [5, 5.41) is 3.47. The molecule has 5 nitrogen and oxygen atoms in total. The summed E-state index contributed by atoms with van der Waals surface area (Å²) in [4.78, 5) is 18.7. The second-order valence-corrected chi connectivity index (χ2v) is 5.03. The van der Waals surface area contributed by atoms with E-state index in [1.807, 2.05) is 18.2 Å². The van der Waals surface area contributed by atoms with E-state index in [1.54, 1.807) is 18.8 Å². The molecule has 1 heterocycles. The monoisotopic (exact) mass is 264 g/mol. The van der Waals surface area contributed by atoms with E-state index in [1.165, 1.54) is 0 Å². The molecule has 1 aromatic heterocycles. The van der Waals surface area contributed by atoms with Crippen molar-refractivity contribution in [3.8, 4) is 0 Å². The molecule has 2 rings (SSSR count). The summed E-state index contributed by atoms with van der Waals surface area (Å²) >= 11 is 1.62. The van der Waals surface area contributed by atoms with Gasteiger partial charge in [-0.1, -0.05) is 11.8 Å². The van der Waals surface area contributed by atoms with Gasteiger partial charge in [-0.25, -0.2) is 4.98 Å². The van der Waals surface area contributed by atoms with Gasteiger partial charge in [-0.05, 0) is 24.6 Å². The maximum Gasteiger partial charge on any atom is 0.219 e. The lowest BCUT2D eigenvalue weighted by Gasteiger charge is -1.98. The van der Waals surface area contributed by atoms with Gasteiger partial charge in [-0.15, -0.1) is 0 Å². The molecular weight excluding hydrogens is 248 g/mol. The Morgan fingerprint density at radius 2 is 2.39 bits per heavy atom. The first-order chi connectivity index (χ1) is 8.69. The Morgan fingerprint density at radius 3 is 3.17 bits per heavy atom. The Morgan fingerprint density at radius 1 is 1.56 bits per heavy atom. The number of hydrogen-bond donors (Lipinski definition) is 3. The summed E-state index contributed by atoms with van der Waals surface area (Å²) in [6.07, 6.45) is 1.39. The van der Waals surface area contributed by atoms with Gasteiger partial charge in [0.1, 0.15) is 0 Å². The van der Waals surface area contributed by atoms with Crippen LogP contribution in [0.1, 0.15) is 12.8 Å². The smallest absolute Gasteiger partial charge is 0.219 e. The first-order valence-electron chi connectivity index (χ1n) is 5.77. The summed E-state index contributed by atoms with van der Waals surface area (Å²) in [6.45, 7) is 0. The van der Waals surface area contributed by atoms with Gasteiger partial charge in [0.15, 0.2) is 5.16 Å². The van der Waals surface area contributed by atoms with Gasteiger partial charge >= 0.3 is 0 Å². The Kier molecular flexibility index (Phi) is 4.09. The number of carbonyl (C=O) groups is 1. The number of H-pyrrole nitrogens is 1. The number of aromatic amines is 1. The van der Waals surface area contributed by atoms with Crippen molar-refractivity contribution in [2.75, 3.05) is 18.5 Å². The van der Waals surface area contributed by atoms with Gasteiger partial charge in [0.25, 0.3) is 0 Å². The number of nitrogens with one attached hydrogen (secondary N) is 2. The van der Waals surface area contributed by atoms with E-state index >= 15 is 0 Å². The van der Waals surface area contributed by atoms with Gasteiger partial charge in [-0.2, -0.15) is 0 Å². The van der Waals surface area contributed by atoms with Crippen molar-refractivity contribution in [1.82, 2.24) is 15.3 Å². The second-order valence-electron chi connectivity index (χ2n) is 3.94. The Balaban J connectivity index is 1.90. The van der Waals surface area contributed by atoms with Crippen LogP contribution in [0, 0.1) is 0 Å². The van der Waals surface area contributed by atoms with Crippen LogP contribution >= 0.6 is 11.8 Å². The number of nitrogens with zero attached hydrogens (tertiary/aromatic N) is 1. The highest BCUT2D eigenvalue weighted by molar-refractivity contribution is 7.99. The van der Waals surface area contributed by atoms with Crippen molar-refractivity contribution in [3.63, 3.8) is 0 Å². The average molecular weight is 264 g/mol. The third kappa shape index (κ3) is 3.16. The van der Waals surface area contributed by atoms with E-state index in [-0.39, 0.29) is 5.91 Å². The molecule has 2 aromatic rings. The summed E-state index contributed by atoms with van der Waals surface area (Å²) in [6, 6.07) is 5.61. The third-order valence-electron chi connectivity index (χ3n) is 2.55. The quantitative estimate of drug-likeness (QED) is 0.436. The topological polar surface area (TPSA) is 83.8 Å². The molecule has 0 aliphatic heterocycles. The van der Waals surface area contributed by atoms with Crippen molar-refractivity contribution in [3.05, 3.63) is 18.2 Å². The van der Waals surface area contributed by atoms with Crippen molar-refractivity contribution < 1.29 is 4.79 Å².